The summed E-state index contributed by atoms with van der Waals surface area (Å²) in [5.74, 6) is 1.00. The van der Waals surface area contributed by atoms with Gasteiger partial charge in [-0.1, -0.05) is 30.3 Å². The van der Waals surface area contributed by atoms with Crippen LogP contribution in [0.5, 0.6) is 0 Å². The number of aromatic nitrogens is 2. The molecule has 2 aromatic rings. The van der Waals surface area contributed by atoms with Gasteiger partial charge in [0.2, 0.25) is 11.9 Å². The molecule has 5 nitrogen and oxygen atoms in total. The SMILES string of the molecule is Cc1cnc(N2CCCN(C(=O)CCc3ccccc3)CC2)nc1. The quantitative estimate of drug-likeness (QED) is 0.867. The van der Waals surface area contributed by atoms with Crippen molar-refractivity contribution in [3.8, 4) is 0 Å². The lowest BCUT2D eigenvalue weighted by atomic mass is 10.1. The molecule has 0 atom stereocenters. The van der Waals surface area contributed by atoms with Gasteiger partial charge in [-0.05, 0) is 30.9 Å². The Hall–Kier alpha value is -2.43. The fraction of sp³-hybridized carbons (Fsp3) is 0.421. The van der Waals surface area contributed by atoms with Crippen LogP contribution in [0.3, 0.4) is 0 Å². The summed E-state index contributed by atoms with van der Waals surface area (Å²) in [6.45, 7) is 5.23. The Morgan fingerprint density at radius 3 is 2.54 bits per heavy atom. The Labute approximate surface area is 143 Å². The van der Waals surface area contributed by atoms with E-state index >= 15 is 0 Å². The summed E-state index contributed by atoms with van der Waals surface area (Å²) >= 11 is 0. The number of nitrogens with zero attached hydrogens (tertiary/aromatic N) is 4. The molecule has 1 amide bonds. The van der Waals surface area contributed by atoms with Gasteiger partial charge < -0.3 is 9.80 Å². The van der Waals surface area contributed by atoms with Crippen LogP contribution in [0.4, 0.5) is 5.95 Å². The second-order valence-electron chi connectivity index (χ2n) is 6.27. The van der Waals surface area contributed by atoms with Gasteiger partial charge >= 0.3 is 0 Å². The number of anilines is 1. The molecule has 3 rings (SSSR count). The van der Waals surface area contributed by atoms with Crippen molar-refractivity contribution in [2.45, 2.75) is 26.2 Å². The van der Waals surface area contributed by atoms with E-state index < -0.39 is 0 Å². The lowest BCUT2D eigenvalue weighted by Gasteiger charge is -2.22. The molecule has 126 valence electrons. The van der Waals surface area contributed by atoms with E-state index in [-0.39, 0.29) is 5.91 Å². The summed E-state index contributed by atoms with van der Waals surface area (Å²) in [5.41, 5.74) is 2.28. The van der Waals surface area contributed by atoms with Gasteiger partial charge in [0.15, 0.2) is 0 Å². The zero-order chi connectivity index (χ0) is 16.8. The van der Waals surface area contributed by atoms with Crippen LogP contribution in [0.15, 0.2) is 42.7 Å². The van der Waals surface area contributed by atoms with Crippen molar-refractivity contribution >= 4 is 11.9 Å². The lowest BCUT2D eigenvalue weighted by Crippen LogP contribution is -2.35. The number of carbonyl (C=O) groups is 1. The molecule has 1 aliphatic rings. The van der Waals surface area contributed by atoms with E-state index in [9.17, 15) is 4.79 Å². The third-order valence-corrected chi connectivity index (χ3v) is 4.37. The summed E-state index contributed by atoms with van der Waals surface area (Å²) < 4.78 is 0. The minimum absolute atomic E-state index is 0.241. The van der Waals surface area contributed by atoms with Crippen LogP contribution in [-0.2, 0) is 11.2 Å². The normalized spacial score (nSPS) is 15.2. The highest BCUT2D eigenvalue weighted by Gasteiger charge is 2.20. The first kappa shape index (κ1) is 16.4. The van der Waals surface area contributed by atoms with Crippen molar-refractivity contribution in [2.24, 2.45) is 0 Å². The maximum absolute atomic E-state index is 12.5. The molecule has 1 aromatic heterocycles. The van der Waals surface area contributed by atoms with E-state index in [1.165, 1.54) is 5.56 Å². The number of amides is 1. The summed E-state index contributed by atoms with van der Waals surface area (Å²) in [4.78, 5) is 25.4. The minimum Gasteiger partial charge on any atom is -0.341 e. The van der Waals surface area contributed by atoms with Gasteiger partial charge in [-0.3, -0.25) is 4.79 Å². The molecule has 0 saturated carbocycles. The average molecular weight is 324 g/mol. The average Bonchev–Trinajstić information content (AvgIpc) is 2.87. The molecule has 5 heteroatoms. The molecule has 0 N–H and O–H groups in total. The van der Waals surface area contributed by atoms with Crippen LogP contribution < -0.4 is 4.90 Å². The molecular weight excluding hydrogens is 300 g/mol. The van der Waals surface area contributed by atoms with E-state index in [2.05, 4.69) is 27.0 Å². The Balaban J connectivity index is 1.53. The van der Waals surface area contributed by atoms with Crippen molar-refractivity contribution in [3.63, 3.8) is 0 Å². The van der Waals surface area contributed by atoms with Crippen molar-refractivity contribution < 1.29 is 4.79 Å². The number of hydrogen-bond acceptors (Lipinski definition) is 4. The molecular formula is C19H24N4O. The number of benzene rings is 1. The first-order chi connectivity index (χ1) is 11.7. The van der Waals surface area contributed by atoms with E-state index in [0.717, 1.165) is 50.5 Å². The lowest BCUT2D eigenvalue weighted by molar-refractivity contribution is -0.130. The Morgan fingerprint density at radius 2 is 1.79 bits per heavy atom. The first-order valence-electron chi connectivity index (χ1n) is 8.58. The largest absolute Gasteiger partial charge is 0.341 e. The topological polar surface area (TPSA) is 49.3 Å². The zero-order valence-electron chi connectivity index (χ0n) is 14.2. The zero-order valence-corrected chi connectivity index (χ0v) is 14.2. The van der Waals surface area contributed by atoms with E-state index in [1.807, 2.05) is 42.4 Å². The Kier molecular flexibility index (Phi) is 5.41. The molecule has 24 heavy (non-hydrogen) atoms. The van der Waals surface area contributed by atoms with Crippen LogP contribution in [0.25, 0.3) is 0 Å². The number of rotatable bonds is 4. The van der Waals surface area contributed by atoms with E-state index in [1.54, 1.807) is 0 Å². The van der Waals surface area contributed by atoms with Crippen LogP contribution in [-0.4, -0.2) is 47.0 Å². The second-order valence-corrected chi connectivity index (χ2v) is 6.27. The summed E-state index contributed by atoms with van der Waals surface area (Å²) in [6.07, 6.45) is 6.02. The van der Waals surface area contributed by atoms with Gasteiger partial charge in [-0.2, -0.15) is 0 Å². The van der Waals surface area contributed by atoms with Gasteiger partial charge in [-0.15, -0.1) is 0 Å². The smallest absolute Gasteiger partial charge is 0.225 e. The predicted molar refractivity (Wildman–Crippen MR) is 94.9 cm³/mol. The van der Waals surface area contributed by atoms with Crippen LogP contribution in [0.2, 0.25) is 0 Å². The monoisotopic (exact) mass is 324 g/mol. The molecule has 0 unspecified atom stereocenters. The molecule has 0 radical (unpaired) electrons. The van der Waals surface area contributed by atoms with Crippen LogP contribution >= 0.6 is 0 Å². The van der Waals surface area contributed by atoms with Crippen LogP contribution in [0.1, 0.15) is 24.0 Å². The van der Waals surface area contributed by atoms with Crippen LogP contribution in [0, 0.1) is 6.92 Å². The Bertz CT molecular complexity index is 657. The third kappa shape index (κ3) is 4.31. The number of hydrogen-bond donors (Lipinski definition) is 0. The third-order valence-electron chi connectivity index (χ3n) is 4.37. The van der Waals surface area contributed by atoms with E-state index in [4.69, 9.17) is 0 Å². The highest BCUT2D eigenvalue weighted by atomic mass is 16.2. The highest BCUT2D eigenvalue weighted by Crippen LogP contribution is 2.12. The molecule has 1 fully saturated rings. The minimum atomic E-state index is 0.241. The maximum atomic E-state index is 12.5. The fourth-order valence-corrected chi connectivity index (χ4v) is 2.97. The molecule has 0 spiro atoms. The van der Waals surface area contributed by atoms with Gasteiger partial charge in [0.25, 0.3) is 0 Å². The highest BCUT2D eigenvalue weighted by molar-refractivity contribution is 5.76. The maximum Gasteiger partial charge on any atom is 0.225 e. The van der Waals surface area contributed by atoms with Crippen molar-refractivity contribution in [3.05, 3.63) is 53.9 Å². The second kappa shape index (κ2) is 7.90. The molecule has 0 bridgehead atoms. The predicted octanol–water partition coefficient (Wildman–Crippen LogP) is 2.46. The van der Waals surface area contributed by atoms with Gasteiger partial charge in [0.05, 0.1) is 0 Å². The number of carbonyl (C=O) groups excluding carboxylic acids is 1. The molecule has 0 aliphatic carbocycles. The summed E-state index contributed by atoms with van der Waals surface area (Å²) in [7, 11) is 0. The fourth-order valence-electron chi connectivity index (χ4n) is 2.97. The number of aryl methyl sites for hydroxylation is 2. The molecule has 1 saturated heterocycles. The van der Waals surface area contributed by atoms with E-state index in [0.29, 0.717) is 6.42 Å². The Morgan fingerprint density at radius 1 is 1.04 bits per heavy atom. The standard InChI is InChI=1S/C19H24N4O/c1-16-14-20-19(21-15-16)23-11-5-10-22(12-13-23)18(24)9-8-17-6-3-2-4-7-17/h2-4,6-7,14-15H,5,8-13H2,1H3. The summed E-state index contributed by atoms with van der Waals surface area (Å²) in [6, 6.07) is 10.2. The molecule has 1 aromatic carbocycles. The van der Waals surface area contributed by atoms with Gasteiger partial charge in [-0.25, -0.2) is 9.97 Å². The van der Waals surface area contributed by atoms with Gasteiger partial charge in [0, 0.05) is 45.0 Å². The van der Waals surface area contributed by atoms with Crippen molar-refractivity contribution in [2.75, 3.05) is 31.1 Å². The van der Waals surface area contributed by atoms with Gasteiger partial charge in [0.1, 0.15) is 0 Å². The van der Waals surface area contributed by atoms with Crippen molar-refractivity contribution in [1.82, 2.24) is 14.9 Å². The first-order valence-corrected chi connectivity index (χ1v) is 8.58. The molecule has 2 heterocycles. The molecule has 1 aliphatic heterocycles. The summed E-state index contributed by atoms with van der Waals surface area (Å²) in [5, 5.41) is 0. The van der Waals surface area contributed by atoms with Crippen molar-refractivity contribution in [1.29, 1.82) is 0 Å².